The number of aryl methyl sites for hydroxylation is 2. The fourth-order valence-electron chi connectivity index (χ4n) is 3.29. The third kappa shape index (κ3) is 2.62. The maximum absolute atomic E-state index is 13.0. The van der Waals surface area contributed by atoms with Crippen LogP contribution in [0, 0.1) is 0 Å². The largest absolute Gasteiger partial charge is 0.325 e. The van der Waals surface area contributed by atoms with E-state index < -0.39 is 0 Å². The average Bonchev–Trinajstić information content (AvgIpc) is 2.95. The third-order valence-electron chi connectivity index (χ3n) is 4.49. The number of rotatable bonds is 3. The summed E-state index contributed by atoms with van der Waals surface area (Å²) >= 11 is 7.61. The molecule has 0 saturated heterocycles. The first-order valence-electron chi connectivity index (χ1n) is 8.25. The topological polar surface area (TPSA) is 46.9 Å². The molecule has 3 aromatic rings. The molecule has 4 rings (SSSR count). The highest BCUT2D eigenvalue weighted by Gasteiger charge is 2.21. The van der Waals surface area contributed by atoms with Crippen molar-refractivity contribution in [2.45, 2.75) is 39.2 Å². The number of benzene rings is 1. The molecule has 0 unspecified atom stereocenters. The lowest BCUT2D eigenvalue weighted by Gasteiger charge is -2.13. The number of aromatic nitrogens is 2. The minimum absolute atomic E-state index is 0.0679. The van der Waals surface area contributed by atoms with Gasteiger partial charge in [-0.1, -0.05) is 11.6 Å². The molecule has 6 heteroatoms. The summed E-state index contributed by atoms with van der Waals surface area (Å²) in [4.78, 5) is 20.0. The first-order valence-corrected chi connectivity index (χ1v) is 9.44. The summed E-state index contributed by atoms with van der Waals surface area (Å²) in [5.41, 5.74) is 2.17. The highest BCUT2D eigenvalue weighted by Crippen LogP contribution is 2.34. The Hall–Kier alpha value is -1.85. The van der Waals surface area contributed by atoms with Gasteiger partial charge in [-0.2, -0.15) is 0 Å². The number of nitrogens with zero attached hydrogens (tertiary/aromatic N) is 2. The van der Waals surface area contributed by atoms with Gasteiger partial charge in [0.15, 0.2) is 0 Å². The Balaban J connectivity index is 1.86. The molecule has 2 heterocycles. The Morgan fingerprint density at radius 1 is 1.25 bits per heavy atom. The fourth-order valence-corrected chi connectivity index (χ4v) is 4.67. The van der Waals surface area contributed by atoms with Crippen molar-refractivity contribution in [2.24, 2.45) is 0 Å². The maximum atomic E-state index is 13.0. The number of thiophene rings is 1. The van der Waals surface area contributed by atoms with E-state index in [0.29, 0.717) is 17.5 Å². The highest BCUT2D eigenvalue weighted by molar-refractivity contribution is 7.18. The van der Waals surface area contributed by atoms with Crippen LogP contribution in [0.5, 0.6) is 0 Å². The van der Waals surface area contributed by atoms with Crippen molar-refractivity contribution >= 4 is 44.8 Å². The number of nitrogens with one attached hydrogen (secondary N) is 1. The summed E-state index contributed by atoms with van der Waals surface area (Å²) in [6, 6.07) is 7.41. The summed E-state index contributed by atoms with van der Waals surface area (Å²) < 4.78 is 1.72. The van der Waals surface area contributed by atoms with Gasteiger partial charge in [0.05, 0.1) is 5.39 Å². The molecule has 4 nitrogen and oxygen atoms in total. The van der Waals surface area contributed by atoms with E-state index in [-0.39, 0.29) is 5.56 Å². The fraction of sp³-hybridized carbons (Fsp3) is 0.333. The number of hydrogen-bond acceptors (Lipinski definition) is 4. The van der Waals surface area contributed by atoms with Gasteiger partial charge in [-0.05, 0) is 62.4 Å². The van der Waals surface area contributed by atoms with Crippen molar-refractivity contribution in [2.75, 3.05) is 5.32 Å². The number of anilines is 2. The average molecular weight is 360 g/mol. The van der Waals surface area contributed by atoms with Crippen LogP contribution < -0.4 is 10.9 Å². The lowest BCUT2D eigenvalue weighted by molar-refractivity contribution is 0.696. The van der Waals surface area contributed by atoms with Crippen LogP contribution >= 0.6 is 22.9 Å². The zero-order chi connectivity index (χ0) is 16.7. The second kappa shape index (κ2) is 6.22. The second-order valence-electron chi connectivity index (χ2n) is 6.01. The highest BCUT2D eigenvalue weighted by atomic mass is 35.5. The molecule has 0 spiro atoms. The molecule has 0 aliphatic heterocycles. The van der Waals surface area contributed by atoms with E-state index in [1.807, 2.05) is 31.2 Å². The molecule has 1 aromatic carbocycles. The second-order valence-corrected chi connectivity index (χ2v) is 7.53. The van der Waals surface area contributed by atoms with Crippen LogP contribution in [0.2, 0.25) is 5.02 Å². The summed E-state index contributed by atoms with van der Waals surface area (Å²) in [5.74, 6) is 0.593. The summed E-state index contributed by atoms with van der Waals surface area (Å²) in [6.07, 6.45) is 4.44. The van der Waals surface area contributed by atoms with E-state index in [4.69, 9.17) is 16.6 Å². The Bertz CT molecular complexity index is 959. The molecule has 0 bridgehead atoms. The third-order valence-corrected chi connectivity index (χ3v) is 5.93. The maximum Gasteiger partial charge on any atom is 0.263 e. The molecule has 0 atom stereocenters. The van der Waals surface area contributed by atoms with Crippen LogP contribution in [-0.2, 0) is 19.4 Å². The molecule has 1 aliphatic carbocycles. The lowest BCUT2D eigenvalue weighted by atomic mass is 9.97. The van der Waals surface area contributed by atoms with E-state index in [2.05, 4.69) is 5.32 Å². The quantitative estimate of drug-likeness (QED) is 0.733. The molecule has 0 radical (unpaired) electrons. The van der Waals surface area contributed by atoms with E-state index in [0.717, 1.165) is 35.2 Å². The molecule has 24 heavy (non-hydrogen) atoms. The summed E-state index contributed by atoms with van der Waals surface area (Å²) in [5, 5.41) is 4.78. The lowest BCUT2D eigenvalue weighted by Crippen LogP contribution is -2.23. The van der Waals surface area contributed by atoms with E-state index in [1.54, 1.807) is 15.9 Å². The molecule has 0 amide bonds. The van der Waals surface area contributed by atoms with Crippen LogP contribution in [0.3, 0.4) is 0 Å². The van der Waals surface area contributed by atoms with Gasteiger partial charge in [-0.3, -0.25) is 9.36 Å². The van der Waals surface area contributed by atoms with Crippen molar-refractivity contribution in [3.63, 3.8) is 0 Å². The van der Waals surface area contributed by atoms with Gasteiger partial charge in [-0.25, -0.2) is 4.98 Å². The number of hydrogen-bond donors (Lipinski definition) is 1. The van der Waals surface area contributed by atoms with Crippen LogP contribution in [0.25, 0.3) is 10.2 Å². The molecular weight excluding hydrogens is 342 g/mol. The summed E-state index contributed by atoms with van der Waals surface area (Å²) in [7, 11) is 0. The van der Waals surface area contributed by atoms with Gasteiger partial charge in [0.2, 0.25) is 5.95 Å². The zero-order valence-corrected chi connectivity index (χ0v) is 15.0. The van der Waals surface area contributed by atoms with Gasteiger partial charge in [0.1, 0.15) is 4.83 Å². The minimum Gasteiger partial charge on any atom is -0.325 e. The standard InChI is InChI=1S/C18H18ClN3OS/c1-2-22-17(23)15-13-5-3-4-6-14(13)24-16(15)21-18(22)20-12-9-7-11(19)8-10-12/h7-10H,2-6H2,1H3,(H,20,21). The molecule has 2 aromatic heterocycles. The van der Waals surface area contributed by atoms with Crippen molar-refractivity contribution in [1.29, 1.82) is 0 Å². The Labute approximate surface area is 149 Å². The Kier molecular flexibility index (Phi) is 4.06. The van der Waals surface area contributed by atoms with E-state index >= 15 is 0 Å². The normalized spacial score (nSPS) is 13.9. The minimum atomic E-state index is 0.0679. The number of fused-ring (bicyclic) bond motifs is 3. The van der Waals surface area contributed by atoms with E-state index in [9.17, 15) is 4.79 Å². The van der Waals surface area contributed by atoms with Gasteiger partial charge in [0, 0.05) is 22.1 Å². The molecule has 0 saturated carbocycles. The molecule has 1 N–H and O–H groups in total. The zero-order valence-electron chi connectivity index (χ0n) is 13.4. The van der Waals surface area contributed by atoms with Crippen LogP contribution in [0.1, 0.15) is 30.2 Å². The van der Waals surface area contributed by atoms with Crippen molar-refractivity contribution in [3.8, 4) is 0 Å². The van der Waals surface area contributed by atoms with E-state index in [1.165, 1.54) is 16.9 Å². The van der Waals surface area contributed by atoms with Crippen molar-refractivity contribution in [3.05, 3.63) is 50.1 Å². The van der Waals surface area contributed by atoms with Gasteiger partial charge in [0.25, 0.3) is 5.56 Å². The summed E-state index contributed by atoms with van der Waals surface area (Å²) in [6.45, 7) is 2.56. The van der Waals surface area contributed by atoms with Crippen LogP contribution in [0.15, 0.2) is 29.1 Å². The molecular formula is C18H18ClN3OS. The van der Waals surface area contributed by atoms with Gasteiger partial charge >= 0.3 is 0 Å². The Morgan fingerprint density at radius 3 is 2.75 bits per heavy atom. The number of halogens is 1. The molecule has 124 valence electrons. The van der Waals surface area contributed by atoms with Gasteiger partial charge < -0.3 is 5.32 Å². The first kappa shape index (κ1) is 15.7. The molecule has 0 fully saturated rings. The van der Waals surface area contributed by atoms with Gasteiger partial charge in [-0.15, -0.1) is 11.3 Å². The van der Waals surface area contributed by atoms with Crippen LogP contribution in [0.4, 0.5) is 11.6 Å². The van der Waals surface area contributed by atoms with Crippen LogP contribution in [-0.4, -0.2) is 9.55 Å². The van der Waals surface area contributed by atoms with Crippen molar-refractivity contribution in [1.82, 2.24) is 9.55 Å². The first-order chi connectivity index (χ1) is 11.7. The SMILES string of the molecule is CCn1c(Nc2ccc(Cl)cc2)nc2sc3c(c2c1=O)CCCC3. The smallest absolute Gasteiger partial charge is 0.263 e. The van der Waals surface area contributed by atoms with Crippen molar-refractivity contribution < 1.29 is 0 Å². The predicted molar refractivity (Wildman–Crippen MR) is 101 cm³/mol. The molecule has 1 aliphatic rings. The predicted octanol–water partition coefficient (Wildman–Crippen LogP) is 4.75. The Morgan fingerprint density at radius 2 is 2.00 bits per heavy atom. The monoisotopic (exact) mass is 359 g/mol.